The fourth-order valence-corrected chi connectivity index (χ4v) is 2.51. The number of aryl methyl sites for hydroxylation is 1. The number of amides is 1. The molecule has 132 valence electrons. The van der Waals surface area contributed by atoms with E-state index < -0.39 is 0 Å². The second-order valence-electron chi connectivity index (χ2n) is 5.97. The van der Waals surface area contributed by atoms with Crippen molar-refractivity contribution in [2.24, 2.45) is 5.10 Å². The summed E-state index contributed by atoms with van der Waals surface area (Å²) in [4.78, 5) is 18.4. The topological polar surface area (TPSA) is 57.6 Å². The summed E-state index contributed by atoms with van der Waals surface area (Å²) < 4.78 is 0. The molecule has 5 heteroatoms. The van der Waals surface area contributed by atoms with Gasteiger partial charge in [-0.25, -0.2) is 5.43 Å². The molecule has 1 amide bonds. The predicted octanol–water partition coefficient (Wildman–Crippen LogP) is 3.78. The fraction of sp³-hybridized carbons (Fsp3) is 0.350. The molecule has 5 nitrogen and oxygen atoms in total. The van der Waals surface area contributed by atoms with E-state index in [2.05, 4.69) is 46.4 Å². The first-order chi connectivity index (χ1) is 12.1. The molecule has 0 spiro atoms. The lowest BCUT2D eigenvalue weighted by atomic mass is 10.2. The number of hydrazone groups is 1. The first kappa shape index (κ1) is 18.6. The van der Waals surface area contributed by atoms with Crippen molar-refractivity contribution in [3.05, 3.63) is 59.4 Å². The average molecular weight is 338 g/mol. The number of nitrogens with zero attached hydrogens (tertiary/aromatic N) is 3. The highest BCUT2D eigenvalue weighted by Crippen LogP contribution is 2.15. The highest BCUT2D eigenvalue weighted by Gasteiger charge is 2.05. The lowest BCUT2D eigenvalue weighted by Gasteiger charge is -2.23. The number of benzene rings is 1. The highest BCUT2D eigenvalue weighted by atomic mass is 16.2. The molecule has 0 aliphatic carbocycles. The summed E-state index contributed by atoms with van der Waals surface area (Å²) in [6.07, 6.45) is 5.45. The van der Waals surface area contributed by atoms with Crippen LogP contribution in [0.15, 0.2) is 47.7 Å². The predicted molar refractivity (Wildman–Crippen MR) is 103 cm³/mol. The van der Waals surface area contributed by atoms with E-state index >= 15 is 0 Å². The van der Waals surface area contributed by atoms with Crippen molar-refractivity contribution in [3.63, 3.8) is 0 Å². The van der Waals surface area contributed by atoms with E-state index in [1.54, 1.807) is 24.5 Å². The second-order valence-corrected chi connectivity index (χ2v) is 5.97. The Morgan fingerprint density at radius 3 is 2.36 bits per heavy atom. The number of carbonyl (C=O) groups excluding carboxylic acids is 1. The molecule has 1 N–H and O–H groups in total. The maximum absolute atomic E-state index is 12.0. The molecule has 0 saturated heterocycles. The largest absolute Gasteiger partial charge is 0.372 e. The van der Waals surface area contributed by atoms with Crippen molar-refractivity contribution < 1.29 is 4.79 Å². The van der Waals surface area contributed by atoms with Gasteiger partial charge in [0, 0.05) is 30.7 Å². The van der Waals surface area contributed by atoms with E-state index in [9.17, 15) is 4.79 Å². The van der Waals surface area contributed by atoms with Crippen LogP contribution in [0.5, 0.6) is 0 Å². The molecule has 25 heavy (non-hydrogen) atoms. The molecule has 2 aromatic rings. The van der Waals surface area contributed by atoms with Gasteiger partial charge in [-0.1, -0.05) is 26.0 Å². The van der Waals surface area contributed by atoms with Gasteiger partial charge >= 0.3 is 0 Å². The minimum Gasteiger partial charge on any atom is -0.372 e. The van der Waals surface area contributed by atoms with Gasteiger partial charge in [0.1, 0.15) is 0 Å². The summed E-state index contributed by atoms with van der Waals surface area (Å²) in [5, 5.41) is 4.02. The Bertz CT molecular complexity index is 687. The van der Waals surface area contributed by atoms with Crippen LogP contribution in [0.25, 0.3) is 0 Å². The monoisotopic (exact) mass is 338 g/mol. The van der Waals surface area contributed by atoms with Crippen LogP contribution in [-0.2, 0) is 0 Å². The summed E-state index contributed by atoms with van der Waals surface area (Å²) in [7, 11) is 0. The molecule has 0 saturated carbocycles. The van der Waals surface area contributed by atoms with Crippen LogP contribution in [-0.4, -0.2) is 30.2 Å². The zero-order valence-corrected chi connectivity index (χ0v) is 15.2. The number of anilines is 1. The Morgan fingerprint density at radius 1 is 1.12 bits per heavy atom. The van der Waals surface area contributed by atoms with E-state index in [0.29, 0.717) is 5.56 Å². The highest BCUT2D eigenvalue weighted by molar-refractivity contribution is 5.94. The molecule has 0 radical (unpaired) electrons. The molecule has 0 aliphatic rings. The van der Waals surface area contributed by atoms with Crippen molar-refractivity contribution in [2.75, 3.05) is 18.0 Å². The van der Waals surface area contributed by atoms with E-state index in [1.165, 1.54) is 5.69 Å². The molecular weight excluding hydrogens is 312 g/mol. The number of hydrogen-bond acceptors (Lipinski definition) is 4. The van der Waals surface area contributed by atoms with E-state index in [1.807, 2.05) is 19.1 Å². The van der Waals surface area contributed by atoms with Crippen LogP contribution < -0.4 is 10.3 Å². The molecule has 0 fully saturated rings. The number of rotatable bonds is 8. The number of carbonyl (C=O) groups is 1. The lowest BCUT2D eigenvalue weighted by Crippen LogP contribution is -2.24. The molecular formula is C20H26N4O. The molecule has 1 aromatic heterocycles. The van der Waals surface area contributed by atoms with Gasteiger partial charge in [-0.15, -0.1) is 0 Å². The Morgan fingerprint density at radius 2 is 1.80 bits per heavy atom. The summed E-state index contributed by atoms with van der Waals surface area (Å²) >= 11 is 0. The third-order valence-corrected chi connectivity index (χ3v) is 3.80. The van der Waals surface area contributed by atoms with Gasteiger partial charge in [-0.2, -0.15) is 5.10 Å². The fourth-order valence-electron chi connectivity index (χ4n) is 2.51. The van der Waals surface area contributed by atoms with Gasteiger partial charge < -0.3 is 4.90 Å². The standard InChI is InChI=1S/C20H26N4O/c1-4-12-24(13-5-2)19-10-7-17(8-11-19)14-22-23-20(25)18-9-6-16(3)21-15-18/h6-11,14-15H,4-5,12-13H2,1-3H3,(H,23,25). The summed E-state index contributed by atoms with van der Waals surface area (Å²) in [6, 6.07) is 11.7. The average Bonchev–Trinajstić information content (AvgIpc) is 2.62. The maximum Gasteiger partial charge on any atom is 0.272 e. The maximum atomic E-state index is 12.0. The minimum atomic E-state index is -0.266. The quantitative estimate of drug-likeness (QED) is 0.589. The second kappa shape index (κ2) is 9.57. The van der Waals surface area contributed by atoms with Crippen LogP contribution in [0.4, 0.5) is 5.69 Å². The third kappa shape index (κ3) is 5.71. The van der Waals surface area contributed by atoms with Gasteiger partial charge in [0.2, 0.25) is 0 Å². The summed E-state index contributed by atoms with van der Waals surface area (Å²) in [5.74, 6) is -0.266. The number of aromatic nitrogens is 1. The van der Waals surface area contributed by atoms with Crippen LogP contribution in [0.3, 0.4) is 0 Å². The molecule has 0 atom stereocenters. The van der Waals surface area contributed by atoms with Gasteiger partial charge in [-0.3, -0.25) is 9.78 Å². The first-order valence-electron chi connectivity index (χ1n) is 8.75. The Balaban J connectivity index is 1.94. The van der Waals surface area contributed by atoms with Crippen LogP contribution in [0.1, 0.15) is 48.3 Å². The number of nitrogens with one attached hydrogen (secondary N) is 1. The molecule has 1 aromatic carbocycles. The molecule has 0 aliphatic heterocycles. The van der Waals surface area contributed by atoms with Crippen molar-refractivity contribution in [1.29, 1.82) is 0 Å². The lowest BCUT2D eigenvalue weighted by molar-refractivity contribution is 0.0955. The summed E-state index contributed by atoms with van der Waals surface area (Å²) in [6.45, 7) is 8.38. The van der Waals surface area contributed by atoms with Crippen molar-refractivity contribution in [3.8, 4) is 0 Å². The Labute approximate surface area is 149 Å². The Hall–Kier alpha value is -2.69. The smallest absolute Gasteiger partial charge is 0.272 e. The number of pyridine rings is 1. The van der Waals surface area contributed by atoms with E-state index in [4.69, 9.17) is 0 Å². The third-order valence-electron chi connectivity index (χ3n) is 3.80. The Kier molecular flexibility index (Phi) is 7.14. The van der Waals surface area contributed by atoms with Crippen LogP contribution in [0.2, 0.25) is 0 Å². The van der Waals surface area contributed by atoms with Crippen molar-refractivity contribution in [1.82, 2.24) is 10.4 Å². The molecule has 0 bridgehead atoms. The molecule has 1 heterocycles. The zero-order valence-electron chi connectivity index (χ0n) is 15.2. The normalized spacial score (nSPS) is 10.8. The van der Waals surface area contributed by atoms with Crippen LogP contribution in [0, 0.1) is 6.92 Å². The van der Waals surface area contributed by atoms with Gasteiger partial charge in [-0.05, 0) is 49.6 Å². The van der Waals surface area contributed by atoms with E-state index in [-0.39, 0.29) is 5.91 Å². The molecule has 0 unspecified atom stereocenters. The minimum absolute atomic E-state index is 0.266. The van der Waals surface area contributed by atoms with E-state index in [0.717, 1.165) is 37.2 Å². The summed E-state index contributed by atoms with van der Waals surface area (Å²) in [5.41, 5.74) is 6.06. The van der Waals surface area contributed by atoms with Gasteiger partial charge in [0.25, 0.3) is 5.91 Å². The van der Waals surface area contributed by atoms with Crippen LogP contribution >= 0.6 is 0 Å². The van der Waals surface area contributed by atoms with Crippen molar-refractivity contribution >= 4 is 17.8 Å². The SMILES string of the molecule is CCCN(CCC)c1ccc(C=NNC(=O)c2ccc(C)nc2)cc1. The number of hydrogen-bond donors (Lipinski definition) is 1. The van der Waals surface area contributed by atoms with Crippen molar-refractivity contribution in [2.45, 2.75) is 33.6 Å². The zero-order chi connectivity index (χ0) is 18.1. The molecule has 2 rings (SSSR count). The van der Waals surface area contributed by atoms with Gasteiger partial charge in [0.05, 0.1) is 11.8 Å². The first-order valence-corrected chi connectivity index (χ1v) is 8.75. The van der Waals surface area contributed by atoms with Gasteiger partial charge in [0.15, 0.2) is 0 Å².